The molecule has 0 saturated heterocycles. The Kier molecular flexibility index (Phi) is 4.79. The zero-order valence-electron chi connectivity index (χ0n) is 6.48. The third-order valence-electron chi connectivity index (χ3n) is 0.913. The first-order valence-electron chi connectivity index (χ1n) is 3.24. The van der Waals surface area contributed by atoms with Crippen LogP contribution in [0.1, 0.15) is 0 Å². The van der Waals surface area contributed by atoms with E-state index in [1.165, 1.54) is 0 Å². The van der Waals surface area contributed by atoms with Crippen LogP contribution in [0.3, 0.4) is 0 Å². The van der Waals surface area contributed by atoms with E-state index in [1.54, 1.807) is 0 Å². The number of halogens is 5. The van der Waals surface area contributed by atoms with Crippen molar-refractivity contribution < 1.29 is 23.0 Å². The van der Waals surface area contributed by atoms with Crippen LogP contribution in [0.25, 0.3) is 0 Å². The van der Waals surface area contributed by atoms with Gasteiger partial charge in [-0.15, -0.1) is 0 Å². The van der Waals surface area contributed by atoms with Crippen molar-refractivity contribution >= 4 is 24.5 Å². The summed E-state index contributed by atoms with van der Waals surface area (Å²) in [7, 11) is -6.00. The largest absolute Gasteiger partial charge is 0.673 e. The lowest BCUT2D eigenvalue weighted by Gasteiger charge is -1.94. The van der Waals surface area contributed by atoms with Gasteiger partial charge < -0.3 is 23.0 Å². The van der Waals surface area contributed by atoms with Gasteiger partial charge in [0.2, 0.25) is 0 Å². The highest BCUT2D eigenvalue weighted by Gasteiger charge is 2.20. The molecule has 0 aliphatic carbocycles. The Morgan fingerprint density at radius 3 is 1.54 bits per heavy atom. The fraction of sp³-hybridized carbons (Fsp3) is 0. The average Bonchev–Trinajstić information content (AvgIpc) is 1.92. The quantitative estimate of drug-likeness (QED) is 0.509. The summed E-state index contributed by atoms with van der Waals surface area (Å²) in [5, 5.41) is 0.761. The van der Waals surface area contributed by atoms with E-state index in [9.17, 15) is 17.3 Å². The fourth-order valence-corrected chi connectivity index (χ4v) is 0.610. The molecule has 0 spiro atoms. The van der Waals surface area contributed by atoms with Crippen LogP contribution < -0.4 is 5.73 Å². The van der Waals surface area contributed by atoms with E-state index in [4.69, 9.17) is 11.6 Å². The topological polar surface area (TPSA) is 27.6 Å². The maximum absolute atomic E-state index is 9.75. The van der Waals surface area contributed by atoms with Crippen LogP contribution in [0.15, 0.2) is 24.3 Å². The molecule has 0 aromatic heterocycles. The lowest BCUT2D eigenvalue weighted by molar-refractivity contribution is -0.254. The molecular formula is C6H7BClF4N. The van der Waals surface area contributed by atoms with Crippen molar-refractivity contribution in [3.05, 3.63) is 29.3 Å². The molecule has 0 aliphatic heterocycles. The molecule has 74 valence electrons. The van der Waals surface area contributed by atoms with Gasteiger partial charge in [-0.1, -0.05) is 11.6 Å². The molecule has 0 amide bonds. The van der Waals surface area contributed by atoms with Gasteiger partial charge in [-0.25, -0.2) is 0 Å². The van der Waals surface area contributed by atoms with Crippen LogP contribution in [0.5, 0.6) is 0 Å². The zero-order chi connectivity index (χ0) is 10.5. The Morgan fingerprint density at radius 2 is 1.31 bits per heavy atom. The molecule has 0 unspecified atom stereocenters. The first-order valence-corrected chi connectivity index (χ1v) is 3.61. The van der Waals surface area contributed by atoms with Gasteiger partial charge >= 0.3 is 7.25 Å². The van der Waals surface area contributed by atoms with Crippen molar-refractivity contribution in [1.82, 2.24) is 0 Å². The second-order valence-electron chi connectivity index (χ2n) is 2.12. The molecule has 0 bridgehead atoms. The Morgan fingerprint density at radius 1 is 1.00 bits per heavy atom. The van der Waals surface area contributed by atoms with E-state index in [0.29, 0.717) is 0 Å². The van der Waals surface area contributed by atoms with Crippen LogP contribution in [-0.2, 0) is 0 Å². The van der Waals surface area contributed by atoms with Crippen LogP contribution in [0.2, 0.25) is 5.02 Å². The van der Waals surface area contributed by atoms with Gasteiger partial charge in [0, 0.05) is 17.2 Å². The molecule has 0 aliphatic rings. The van der Waals surface area contributed by atoms with Crippen LogP contribution in [-0.4, -0.2) is 7.25 Å². The molecule has 3 N–H and O–H groups in total. The van der Waals surface area contributed by atoms with Crippen LogP contribution >= 0.6 is 11.6 Å². The molecule has 0 fully saturated rings. The summed E-state index contributed by atoms with van der Waals surface area (Å²) in [5.41, 5.74) is 4.70. The summed E-state index contributed by atoms with van der Waals surface area (Å²) in [4.78, 5) is 0. The van der Waals surface area contributed by atoms with Gasteiger partial charge in [0.05, 0.1) is 0 Å². The molecule has 0 atom stereocenters. The summed E-state index contributed by atoms with van der Waals surface area (Å²) in [6.45, 7) is 0. The number of hydrogen-bond donors (Lipinski definition) is 1. The predicted molar refractivity (Wildman–Crippen MR) is 44.2 cm³/mol. The van der Waals surface area contributed by atoms with Crippen LogP contribution in [0.4, 0.5) is 23.0 Å². The molecule has 0 radical (unpaired) electrons. The zero-order valence-corrected chi connectivity index (χ0v) is 7.24. The average molecular weight is 215 g/mol. The van der Waals surface area contributed by atoms with Crippen molar-refractivity contribution in [3.63, 3.8) is 0 Å². The second kappa shape index (κ2) is 5.09. The van der Waals surface area contributed by atoms with Crippen molar-refractivity contribution in [3.8, 4) is 0 Å². The van der Waals surface area contributed by atoms with Gasteiger partial charge in [0.15, 0.2) is 0 Å². The lowest BCUT2D eigenvalue weighted by Crippen LogP contribution is -2.39. The Labute approximate surface area is 77.6 Å². The van der Waals surface area contributed by atoms with Gasteiger partial charge in [-0.2, -0.15) is 0 Å². The second-order valence-corrected chi connectivity index (χ2v) is 2.56. The van der Waals surface area contributed by atoms with Crippen LogP contribution in [0, 0.1) is 0 Å². The van der Waals surface area contributed by atoms with E-state index in [1.807, 2.05) is 24.3 Å². The Balaban J connectivity index is 0.000000252. The van der Waals surface area contributed by atoms with E-state index in [0.717, 1.165) is 10.7 Å². The summed E-state index contributed by atoms with van der Waals surface area (Å²) in [6.07, 6.45) is 0. The van der Waals surface area contributed by atoms with E-state index >= 15 is 0 Å². The molecule has 1 nitrogen and oxygen atoms in total. The predicted octanol–water partition coefficient (Wildman–Crippen LogP) is 2.51. The first kappa shape index (κ1) is 12.3. The van der Waals surface area contributed by atoms with Gasteiger partial charge in [0.25, 0.3) is 0 Å². The molecule has 1 aromatic rings. The van der Waals surface area contributed by atoms with Crippen molar-refractivity contribution in [1.29, 1.82) is 0 Å². The normalized spacial score (nSPS) is 10.3. The SMILES string of the molecule is F[B-](F)(F)F.[NH3+]c1ccc(Cl)cc1. The van der Waals surface area contributed by atoms with Gasteiger partial charge in [-0.05, 0) is 12.1 Å². The van der Waals surface area contributed by atoms with Crippen molar-refractivity contribution in [2.24, 2.45) is 0 Å². The number of quaternary nitrogens is 1. The minimum atomic E-state index is -6.00. The summed E-state index contributed by atoms with van der Waals surface area (Å²) in [6, 6.07) is 7.40. The van der Waals surface area contributed by atoms with E-state index in [-0.39, 0.29) is 0 Å². The minimum absolute atomic E-state index is 0.761. The molecular weight excluding hydrogens is 208 g/mol. The minimum Gasteiger partial charge on any atom is -0.418 e. The molecule has 0 heterocycles. The summed E-state index contributed by atoms with van der Waals surface area (Å²) < 4.78 is 39.0. The van der Waals surface area contributed by atoms with E-state index < -0.39 is 7.25 Å². The van der Waals surface area contributed by atoms with Gasteiger partial charge in [-0.3, -0.25) is 0 Å². The molecule has 7 heteroatoms. The Bertz CT molecular complexity index is 221. The monoisotopic (exact) mass is 215 g/mol. The molecule has 1 aromatic carbocycles. The smallest absolute Gasteiger partial charge is 0.418 e. The summed E-state index contributed by atoms with van der Waals surface area (Å²) in [5.74, 6) is 0. The molecule has 13 heavy (non-hydrogen) atoms. The first-order chi connectivity index (χ1) is 5.79. The highest BCUT2D eigenvalue weighted by atomic mass is 35.5. The molecule has 0 saturated carbocycles. The standard InChI is InChI=1S/C6H6ClN.BF4/c7-5-1-3-6(8)4-2-5;2-1(3,4)5/h1-4H,8H2;/q;-1/p+1. The number of rotatable bonds is 0. The van der Waals surface area contributed by atoms with Crippen molar-refractivity contribution in [2.45, 2.75) is 0 Å². The third kappa shape index (κ3) is 11.3. The highest BCUT2D eigenvalue weighted by Crippen LogP contribution is 2.08. The lowest BCUT2D eigenvalue weighted by atomic mass is 10.3. The Hall–Kier alpha value is -0.745. The summed E-state index contributed by atoms with van der Waals surface area (Å²) >= 11 is 5.58. The fourth-order valence-electron chi connectivity index (χ4n) is 0.484. The van der Waals surface area contributed by atoms with E-state index in [2.05, 4.69) is 5.73 Å². The highest BCUT2D eigenvalue weighted by molar-refractivity contribution is 6.50. The molecule has 1 rings (SSSR count). The number of benzene rings is 1. The van der Waals surface area contributed by atoms with Crippen molar-refractivity contribution in [2.75, 3.05) is 0 Å². The number of hydrogen-bond acceptors (Lipinski definition) is 0. The van der Waals surface area contributed by atoms with Gasteiger partial charge in [0.1, 0.15) is 5.69 Å². The maximum Gasteiger partial charge on any atom is 0.673 e. The maximum atomic E-state index is 9.75. The third-order valence-corrected chi connectivity index (χ3v) is 1.17.